The molecule has 2 atom stereocenters. The molecule has 0 spiro atoms. The van der Waals surface area contributed by atoms with Crippen LogP contribution in [0.4, 0.5) is 0 Å². The molecular weight excluding hydrogens is 256 g/mol. The lowest BCUT2D eigenvalue weighted by Gasteiger charge is -2.14. The monoisotopic (exact) mass is 286 g/mol. The summed E-state index contributed by atoms with van der Waals surface area (Å²) in [6.45, 7) is 8.30. The third-order valence-electron chi connectivity index (χ3n) is 2.98. The number of rotatable bonds is 10. The predicted octanol–water partition coefficient (Wildman–Crippen LogP) is 1.63. The molecule has 4 N–H and O–H groups in total. The van der Waals surface area contributed by atoms with E-state index in [1.807, 2.05) is 27.7 Å². The van der Waals surface area contributed by atoms with Crippen LogP contribution in [0.2, 0.25) is 0 Å². The van der Waals surface area contributed by atoms with Crippen molar-refractivity contribution in [2.24, 2.45) is 23.3 Å². The van der Waals surface area contributed by atoms with Crippen LogP contribution >= 0.6 is 0 Å². The third-order valence-corrected chi connectivity index (χ3v) is 2.98. The summed E-state index contributed by atoms with van der Waals surface area (Å²) in [5.74, 6) is 0.396. The van der Waals surface area contributed by atoms with Crippen LogP contribution in [0.1, 0.15) is 53.4 Å². The maximum Gasteiger partial charge on any atom is 0.322 e. The van der Waals surface area contributed by atoms with Gasteiger partial charge >= 0.3 is 5.97 Å². The van der Waals surface area contributed by atoms with E-state index in [2.05, 4.69) is 0 Å². The summed E-state index contributed by atoms with van der Waals surface area (Å²) in [4.78, 5) is 23.3. The smallest absolute Gasteiger partial charge is 0.322 e. The fourth-order valence-electron chi connectivity index (χ4n) is 1.96. The van der Waals surface area contributed by atoms with Crippen molar-refractivity contribution in [3.63, 3.8) is 0 Å². The van der Waals surface area contributed by atoms with Crippen molar-refractivity contribution in [2.75, 3.05) is 6.61 Å². The van der Waals surface area contributed by atoms with Gasteiger partial charge in [0.05, 0.1) is 12.6 Å². The van der Waals surface area contributed by atoms with Gasteiger partial charge < -0.3 is 16.2 Å². The first-order valence-corrected chi connectivity index (χ1v) is 7.44. The zero-order chi connectivity index (χ0) is 15.7. The Hall–Kier alpha value is -0.940. The van der Waals surface area contributed by atoms with E-state index < -0.39 is 18.1 Å². The Balaban J connectivity index is 3.80. The third kappa shape index (κ3) is 9.04. The largest absolute Gasteiger partial charge is 0.465 e. The van der Waals surface area contributed by atoms with E-state index in [1.54, 1.807) is 0 Å². The summed E-state index contributed by atoms with van der Waals surface area (Å²) < 4.78 is 5.06. The van der Waals surface area contributed by atoms with Gasteiger partial charge in [-0.05, 0) is 31.1 Å². The predicted molar refractivity (Wildman–Crippen MR) is 80.1 cm³/mol. The van der Waals surface area contributed by atoms with E-state index in [-0.39, 0.29) is 12.4 Å². The molecule has 5 heteroatoms. The van der Waals surface area contributed by atoms with Gasteiger partial charge in [0, 0.05) is 6.42 Å². The van der Waals surface area contributed by atoms with Gasteiger partial charge in [0.1, 0.15) is 11.8 Å². The summed E-state index contributed by atoms with van der Waals surface area (Å²) in [6, 6.07) is -0.984. The molecule has 0 aliphatic heterocycles. The Bertz CT molecular complexity index is 273. The van der Waals surface area contributed by atoms with Gasteiger partial charge in [0.25, 0.3) is 0 Å². The molecule has 0 bridgehead atoms. The van der Waals surface area contributed by atoms with Crippen LogP contribution in [0.3, 0.4) is 0 Å². The highest BCUT2D eigenvalue weighted by molar-refractivity contribution is 5.83. The highest BCUT2D eigenvalue weighted by atomic mass is 16.5. The average Bonchev–Trinajstić information content (AvgIpc) is 2.32. The van der Waals surface area contributed by atoms with Gasteiger partial charge in [-0.25, -0.2) is 0 Å². The summed E-state index contributed by atoms with van der Waals surface area (Å²) in [5.41, 5.74) is 11.5. The quantitative estimate of drug-likeness (QED) is 0.470. The Morgan fingerprint density at radius 3 is 1.95 bits per heavy atom. The number of nitrogens with two attached hydrogens (primary N) is 2. The lowest BCUT2D eigenvalue weighted by Crippen LogP contribution is -2.34. The lowest BCUT2D eigenvalue weighted by molar-refractivity contribution is -0.146. The second-order valence-corrected chi connectivity index (χ2v) is 6.21. The molecule has 0 amide bonds. The molecule has 0 fully saturated rings. The number of carbonyl (C=O) groups excluding carboxylic acids is 2. The Morgan fingerprint density at radius 2 is 1.45 bits per heavy atom. The van der Waals surface area contributed by atoms with Crippen molar-refractivity contribution < 1.29 is 14.3 Å². The summed E-state index contributed by atoms with van der Waals surface area (Å²) in [6.07, 6.45) is 2.15. The summed E-state index contributed by atoms with van der Waals surface area (Å²) in [5, 5.41) is 0. The van der Waals surface area contributed by atoms with Gasteiger partial charge in [-0.15, -0.1) is 0 Å². The van der Waals surface area contributed by atoms with Gasteiger partial charge in [-0.2, -0.15) is 0 Å². The van der Waals surface area contributed by atoms with Crippen LogP contribution < -0.4 is 11.5 Å². The first-order valence-electron chi connectivity index (χ1n) is 7.44. The number of hydrogen-bond acceptors (Lipinski definition) is 5. The van der Waals surface area contributed by atoms with E-state index in [9.17, 15) is 9.59 Å². The van der Waals surface area contributed by atoms with Gasteiger partial charge in [-0.1, -0.05) is 27.7 Å². The van der Waals surface area contributed by atoms with Crippen LogP contribution in [0.5, 0.6) is 0 Å². The number of ether oxygens (including phenoxy) is 1. The van der Waals surface area contributed by atoms with Gasteiger partial charge in [0.2, 0.25) is 0 Å². The highest BCUT2D eigenvalue weighted by Gasteiger charge is 2.17. The second-order valence-electron chi connectivity index (χ2n) is 6.21. The van der Waals surface area contributed by atoms with Crippen LogP contribution in [-0.4, -0.2) is 30.4 Å². The molecule has 0 heterocycles. The molecule has 0 aromatic heterocycles. The molecule has 118 valence electrons. The van der Waals surface area contributed by atoms with Gasteiger partial charge in [0.15, 0.2) is 0 Å². The van der Waals surface area contributed by atoms with Crippen molar-refractivity contribution in [3.8, 4) is 0 Å². The van der Waals surface area contributed by atoms with Crippen molar-refractivity contribution in [1.29, 1.82) is 0 Å². The Kier molecular flexibility index (Phi) is 9.42. The molecule has 20 heavy (non-hydrogen) atoms. The van der Waals surface area contributed by atoms with Crippen LogP contribution in [0, 0.1) is 11.8 Å². The fraction of sp³-hybridized carbons (Fsp3) is 0.867. The maximum atomic E-state index is 11.7. The van der Waals surface area contributed by atoms with E-state index >= 15 is 0 Å². The molecule has 5 nitrogen and oxygen atoms in total. The van der Waals surface area contributed by atoms with Gasteiger partial charge in [-0.3, -0.25) is 9.59 Å². The van der Waals surface area contributed by atoms with E-state index in [1.165, 1.54) is 0 Å². The molecule has 0 aromatic rings. The zero-order valence-corrected chi connectivity index (χ0v) is 13.2. The standard InChI is InChI=1S/C15H30N2O3/c1-10(2)8-12(16)14(18)6-5-7-20-15(19)13(17)9-11(3)4/h10-13H,5-9,16-17H2,1-4H3. The van der Waals surface area contributed by atoms with E-state index in [0.29, 0.717) is 37.5 Å². The zero-order valence-electron chi connectivity index (χ0n) is 13.2. The number of carbonyl (C=O) groups is 2. The topological polar surface area (TPSA) is 95.4 Å². The average molecular weight is 286 g/mol. The number of hydrogen-bond donors (Lipinski definition) is 2. The SMILES string of the molecule is CC(C)CC(N)C(=O)CCCOC(=O)C(N)CC(C)C. The molecule has 0 aromatic carbocycles. The Morgan fingerprint density at radius 1 is 0.950 bits per heavy atom. The highest BCUT2D eigenvalue weighted by Crippen LogP contribution is 2.07. The van der Waals surface area contributed by atoms with E-state index in [4.69, 9.17) is 16.2 Å². The van der Waals surface area contributed by atoms with Crippen molar-refractivity contribution in [3.05, 3.63) is 0 Å². The Labute approximate surface area is 122 Å². The minimum Gasteiger partial charge on any atom is -0.465 e. The van der Waals surface area contributed by atoms with Crippen molar-refractivity contribution in [2.45, 2.75) is 65.5 Å². The molecule has 0 saturated carbocycles. The van der Waals surface area contributed by atoms with Crippen molar-refractivity contribution in [1.82, 2.24) is 0 Å². The fourth-order valence-corrected chi connectivity index (χ4v) is 1.96. The molecule has 0 aliphatic carbocycles. The van der Waals surface area contributed by atoms with Crippen molar-refractivity contribution >= 4 is 11.8 Å². The molecule has 0 aliphatic rings. The van der Waals surface area contributed by atoms with Crippen LogP contribution in [0.25, 0.3) is 0 Å². The molecule has 0 saturated heterocycles. The molecule has 0 radical (unpaired) electrons. The lowest BCUT2D eigenvalue weighted by atomic mass is 9.99. The van der Waals surface area contributed by atoms with Crippen LogP contribution in [-0.2, 0) is 14.3 Å². The summed E-state index contributed by atoms with van der Waals surface area (Å²) in [7, 11) is 0. The molecular formula is C15H30N2O3. The van der Waals surface area contributed by atoms with E-state index in [0.717, 1.165) is 0 Å². The first-order chi connectivity index (χ1) is 9.23. The minimum atomic E-state index is -0.575. The second kappa shape index (κ2) is 9.88. The normalized spacial score (nSPS) is 14.4. The maximum absolute atomic E-state index is 11.7. The van der Waals surface area contributed by atoms with Crippen LogP contribution in [0.15, 0.2) is 0 Å². The molecule has 2 unspecified atom stereocenters. The molecule has 0 rings (SSSR count). The summed E-state index contributed by atoms with van der Waals surface area (Å²) >= 11 is 0. The number of Topliss-reactive ketones (excluding diaryl/α,β-unsaturated/α-hetero) is 1. The number of esters is 1. The number of ketones is 1. The first kappa shape index (κ1) is 19.1. The minimum absolute atomic E-state index is 0.0289.